The predicted molar refractivity (Wildman–Crippen MR) is 88.8 cm³/mol. The summed E-state index contributed by atoms with van der Waals surface area (Å²) in [6.45, 7) is 4.02. The van der Waals surface area contributed by atoms with Gasteiger partial charge in [-0.1, -0.05) is 18.2 Å². The summed E-state index contributed by atoms with van der Waals surface area (Å²) in [5.41, 5.74) is 4.45. The fraction of sp³-hybridized carbons (Fsp3) is 0.222. The normalized spacial score (nSPS) is 12.9. The van der Waals surface area contributed by atoms with Crippen LogP contribution in [-0.4, -0.2) is 18.4 Å². The monoisotopic (exact) mass is 310 g/mol. The molecule has 0 saturated heterocycles. The topological polar surface area (TPSA) is 67.4 Å². The van der Waals surface area contributed by atoms with Gasteiger partial charge in [0.2, 0.25) is 5.91 Å². The van der Waals surface area contributed by atoms with E-state index in [0.29, 0.717) is 11.4 Å². The van der Waals surface area contributed by atoms with Crippen LogP contribution in [0.2, 0.25) is 0 Å². The second-order valence-electron chi connectivity index (χ2n) is 5.64. The Morgan fingerprint density at radius 1 is 1.26 bits per heavy atom. The maximum Gasteiger partial charge on any atom is 0.262 e. The number of aryl methyl sites for hydroxylation is 1. The Balaban J connectivity index is 1.72. The van der Waals surface area contributed by atoms with Crippen molar-refractivity contribution >= 4 is 23.2 Å². The van der Waals surface area contributed by atoms with Gasteiger partial charge in [-0.3, -0.25) is 9.59 Å². The summed E-state index contributed by atoms with van der Waals surface area (Å²) in [4.78, 5) is 23.6. The van der Waals surface area contributed by atoms with Crippen LogP contribution in [0.4, 0.5) is 11.4 Å². The van der Waals surface area contributed by atoms with Crippen LogP contribution >= 0.6 is 0 Å². The number of nitrogens with one attached hydrogen (secondary N) is 2. The van der Waals surface area contributed by atoms with Crippen molar-refractivity contribution in [1.29, 1.82) is 0 Å². The third-order valence-corrected chi connectivity index (χ3v) is 3.92. The molecular weight excluding hydrogens is 292 g/mol. The Bertz CT molecular complexity index is 784. The number of amides is 2. The van der Waals surface area contributed by atoms with Crippen molar-refractivity contribution in [2.75, 3.05) is 17.2 Å². The molecule has 0 atom stereocenters. The molecule has 1 aliphatic rings. The van der Waals surface area contributed by atoms with Gasteiger partial charge in [0.15, 0.2) is 6.61 Å². The van der Waals surface area contributed by atoms with Gasteiger partial charge >= 0.3 is 0 Å². The van der Waals surface area contributed by atoms with Crippen LogP contribution < -0.4 is 15.4 Å². The molecule has 2 aromatic rings. The predicted octanol–water partition coefficient (Wildman–Crippen LogP) is 2.82. The Kier molecular flexibility index (Phi) is 4.02. The molecule has 0 radical (unpaired) electrons. The molecule has 0 bridgehead atoms. The molecule has 5 nitrogen and oxygen atoms in total. The number of fused-ring (bicyclic) bond motifs is 1. The molecule has 0 saturated carbocycles. The molecule has 1 aliphatic heterocycles. The van der Waals surface area contributed by atoms with E-state index in [1.165, 1.54) is 0 Å². The highest BCUT2D eigenvalue weighted by atomic mass is 16.5. The molecule has 3 rings (SSSR count). The van der Waals surface area contributed by atoms with Crippen LogP contribution in [0, 0.1) is 13.8 Å². The lowest BCUT2D eigenvalue weighted by Crippen LogP contribution is -2.25. The molecule has 0 fully saturated rings. The van der Waals surface area contributed by atoms with E-state index >= 15 is 0 Å². The van der Waals surface area contributed by atoms with E-state index in [1.807, 2.05) is 38.1 Å². The van der Waals surface area contributed by atoms with Crippen molar-refractivity contribution in [3.8, 4) is 5.75 Å². The smallest absolute Gasteiger partial charge is 0.262 e. The van der Waals surface area contributed by atoms with E-state index in [0.717, 1.165) is 22.4 Å². The highest BCUT2D eigenvalue weighted by Gasteiger charge is 2.16. The Labute approximate surface area is 134 Å². The van der Waals surface area contributed by atoms with Crippen molar-refractivity contribution in [3.63, 3.8) is 0 Å². The minimum absolute atomic E-state index is 0.0272. The van der Waals surface area contributed by atoms with E-state index in [-0.39, 0.29) is 24.8 Å². The molecule has 118 valence electrons. The number of benzene rings is 2. The number of carbonyl (C=O) groups is 2. The first-order valence-electron chi connectivity index (χ1n) is 7.44. The van der Waals surface area contributed by atoms with Crippen LogP contribution in [0.3, 0.4) is 0 Å². The average molecular weight is 310 g/mol. The lowest BCUT2D eigenvalue weighted by molar-refractivity contribution is -0.118. The Morgan fingerprint density at radius 2 is 2.09 bits per heavy atom. The summed E-state index contributed by atoms with van der Waals surface area (Å²) in [5.74, 6) is 0.347. The van der Waals surface area contributed by atoms with Crippen molar-refractivity contribution in [1.82, 2.24) is 0 Å². The highest BCUT2D eigenvalue weighted by molar-refractivity contribution is 5.96. The molecule has 2 N–H and O–H groups in total. The number of hydrogen-bond acceptors (Lipinski definition) is 3. The molecule has 0 unspecified atom stereocenters. The summed E-state index contributed by atoms with van der Waals surface area (Å²) in [5, 5.41) is 5.67. The summed E-state index contributed by atoms with van der Waals surface area (Å²) >= 11 is 0. The zero-order valence-corrected chi connectivity index (χ0v) is 13.1. The Morgan fingerprint density at radius 3 is 2.91 bits per heavy atom. The third kappa shape index (κ3) is 3.34. The standard InChI is InChI=1S/C18H18N2O3/c1-11-4-3-5-14(12(11)2)19-17(21)9-13-6-7-16-15(8-13)20-18(22)10-23-16/h3-8H,9-10H2,1-2H3,(H,19,21)(H,20,22). The van der Waals surface area contributed by atoms with Gasteiger partial charge in [-0.25, -0.2) is 0 Å². The molecule has 2 aromatic carbocycles. The molecule has 23 heavy (non-hydrogen) atoms. The molecule has 0 spiro atoms. The number of carbonyl (C=O) groups excluding carboxylic acids is 2. The summed E-state index contributed by atoms with van der Waals surface area (Å²) in [6.07, 6.45) is 0.233. The fourth-order valence-corrected chi connectivity index (χ4v) is 2.51. The second-order valence-corrected chi connectivity index (χ2v) is 5.64. The van der Waals surface area contributed by atoms with Crippen molar-refractivity contribution in [2.24, 2.45) is 0 Å². The molecule has 2 amide bonds. The molecule has 0 aromatic heterocycles. The molecule has 0 aliphatic carbocycles. The maximum atomic E-state index is 12.2. The van der Waals surface area contributed by atoms with E-state index in [2.05, 4.69) is 10.6 Å². The first kappa shape index (κ1) is 15.1. The van der Waals surface area contributed by atoms with Gasteiger partial charge in [-0.2, -0.15) is 0 Å². The molecular formula is C18H18N2O3. The van der Waals surface area contributed by atoms with Crippen molar-refractivity contribution < 1.29 is 14.3 Å². The zero-order chi connectivity index (χ0) is 16.4. The number of ether oxygens (including phenoxy) is 1. The summed E-state index contributed by atoms with van der Waals surface area (Å²) in [7, 11) is 0. The number of anilines is 2. The van der Waals surface area contributed by atoms with Gasteiger partial charge in [-0.05, 0) is 48.7 Å². The minimum Gasteiger partial charge on any atom is -0.482 e. The quantitative estimate of drug-likeness (QED) is 0.916. The average Bonchev–Trinajstić information content (AvgIpc) is 2.51. The van der Waals surface area contributed by atoms with Gasteiger partial charge in [0, 0.05) is 5.69 Å². The van der Waals surface area contributed by atoms with Crippen LogP contribution in [-0.2, 0) is 16.0 Å². The van der Waals surface area contributed by atoms with Crippen LogP contribution in [0.1, 0.15) is 16.7 Å². The van der Waals surface area contributed by atoms with E-state index < -0.39 is 0 Å². The Hall–Kier alpha value is -2.82. The van der Waals surface area contributed by atoms with Gasteiger partial charge in [-0.15, -0.1) is 0 Å². The first-order chi connectivity index (χ1) is 11.0. The number of hydrogen-bond donors (Lipinski definition) is 2. The van der Waals surface area contributed by atoms with E-state index in [4.69, 9.17) is 4.74 Å². The SMILES string of the molecule is Cc1cccc(NC(=O)Cc2ccc3c(c2)NC(=O)CO3)c1C. The lowest BCUT2D eigenvalue weighted by Gasteiger charge is -2.18. The maximum absolute atomic E-state index is 12.2. The number of rotatable bonds is 3. The first-order valence-corrected chi connectivity index (χ1v) is 7.44. The van der Waals surface area contributed by atoms with Gasteiger partial charge in [0.25, 0.3) is 5.91 Å². The van der Waals surface area contributed by atoms with Crippen molar-refractivity contribution in [2.45, 2.75) is 20.3 Å². The largest absolute Gasteiger partial charge is 0.482 e. The highest BCUT2D eigenvalue weighted by Crippen LogP contribution is 2.28. The fourth-order valence-electron chi connectivity index (χ4n) is 2.51. The minimum atomic E-state index is -0.186. The van der Waals surface area contributed by atoms with Crippen LogP contribution in [0.5, 0.6) is 5.75 Å². The van der Waals surface area contributed by atoms with Gasteiger partial charge < -0.3 is 15.4 Å². The van der Waals surface area contributed by atoms with Crippen molar-refractivity contribution in [3.05, 3.63) is 53.1 Å². The summed E-state index contributed by atoms with van der Waals surface area (Å²) in [6, 6.07) is 11.2. The zero-order valence-electron chi connectivity index (χ0n) is 13.1. The molecule has 1 heterocycles. The van der Waals surface area contributed by atoms with Crippen LogP contribution in [0.25, 0.3) is 0 Å². The van der Waals surface area contributed by atoms with E-state index in [9.17, 15) is 9.59 Å². The third-order valence-electron chi connectivity index (χ3n) is 3.92. The second kappa shape index (κ2) is 6.12. The lowest BCUT2D eigenvalue weighted by atomic mass is 10.1. The van der Waals surface area contributed by atoms with Gasteiger partial charge in [0.1, 0.15) is 5.75 Å². The van der Waals surface area contributed by atoms with Crippen LogP contribution in [0.15, 0.2) is 36.4 Å². The van der Waals surface area contributed by atoms with E-state index in [1.54, 1.807) is 12.1 Å². The van der Waals surface area contributed by atoms with Gasteiger partial charge in [0.05, 0.1) is 12.1 Å². The summed E-state index contributed by atoms with van der Waals surface area (Å²) < 4.78 is 5.31. The molecule has 5 heteroatoms.